The van der Waals surface area contributed by atoms with Crippen molar-refractivity contribution in [3.8, 4) is 5.75 Å². The van der Waals surface area contributed by atoms with Gasteiger partial charge in [0.25, 0.3) is 5.91 Å². The van der Waals surface area contributed by atoms with Crippen molar-refractivity contribution < 1.29 is 22.4 Å². The van der Waals surface area contributed by atoms with Crippen molar-refractivity contribution >= 4 is 15.9 Å². The molecule has 2 aromatic carbocycles. The van der Waals surface area contributed by atoms with E-state index in [1.165, 1.54) is 17.4 Å². The summed E-state index contributed by atoms with van der Waals surface area (Å²) in [5.41, 5.74) is 1.90. The molecule has 3 aromatic rings. The average molecular weight is 443 g/mol. The third kappa shape index (κ3) is 5.34. The molecule has 0 radical (unpaired) electrons. The van der Waals surface area contributed by atoms with E-state index in [1.54, 1.807) is 37.4 Å². The minimum atomic E-state index is -3.66. The van der Waals surface area contributed by atoms with Crippen molar-refractivity contribution in [1.29, 1.82) is 0 Å². The van der Waals surface area contributed by atoms with Crippen LogP contribution in [0, 0.1) is 6.92 Å². The molecule has 0 saturated carbocycles. The van der Waals surface area contributed by atoms with Crippen molar-refractivity contribution in [3.05, 3.63) is 83.3 Å². The standard InChI is InChI=1S/C23H26N2O5S/c1-16-5-12-21(13-6-16)31(27,28)25(3)15-20-11-14-22(30-20)23(26)24-17(2)18-7-9-19(29-4)10-8-18/h5-14,17H,15H2,1-4H3,(H,24,26)/t17-/m1/s1. The maximum Gasteiger partial charge on any atom is 0.287 e. The Bertz CT molecular complexity index is 1140. The van der Waals surface area contributed by atoms with Crippen molar-refractivity contribution in [2.75, 3.05) is 14.2 Å². The first kappa shape index (κ1) is 22.6. The molecule has 0 fully saturated rings. The monoisotopic (exact) mass is 442 g/mol. The lowest BCUT2D eigenvalue weighted by atomic mass is 10.1. The van der Waals surface area contributed by atoms with Crippen LogP contribution in [0.25, 0.3) is 0 Å². The topological polar surface area (TPSA) is 88.9 Å². The molecule has 164 valence electrons. The van der Waals surface area contributed by atoms with Crippen LogP contribution >= 0.6 is 0 Å². The van der Waals surface area contributed by atoms with Crippen LogP contribution in [0.3, 0.4) is 0 Å². The fourth-order valence-corrected chi connectivity index (χ4v) is 4.16. The molecule has 1 atom stereocenters. The Morgan fingerprint density at radius 3 is 2.32 bits per heavy atom. The highest BCUT2D eigenvalue weighted by Gasteiger charge is 2.23. The van der Waals surface area contributed by atoms with Crippen LogP contribution in [0.1, 0.15) is 40.4 Å². The smallest absolute Gasteiger partial charge is 0.287 e. The minimum absolute atomic E-state index is 0.0114. The van der Waals surface area contributed by atoms with Gasteiger partial charge in [0.15, 0.2) is 5.76 Å². The molecule has 0 saturated heterocycles. The van der Waals surface area contributed by atoms with E-state index in [0.717, 1.165) is 16.9 Å². The molecule has 0 spiro atoms. The largest absolute Gasteiger partial charge is 0.497 e. The highest BCUT2D eigenvalue weighted by molar-refractivity contribution is 7.89. The van der Waals surface area contributed by atoms with Gasteiger partial charge in [0.2, 0.25) is 10.0 Å². The molecule has 1 heterocycles. The highest BCUT2D eigenvalue weighted by Crippen LogP contribution is 2.20. The van der Waals surface area contributed by atoms with Crippen molar-refractivity contribution in [3.63, 3.8) is 0 Å². The third-order valence-corrected chi connectivity index (χ3v) is 6.77. The third-order valence-electron chi connectivity index (χ3n) is 4.96. The van der Waals surface area contributed by atoms with E-state index >= 15 is 0 Å². The lowest BCUT2D eigenvalue weighted by Crippen LogP contribution is -2.27. The number of hydrogen-bond acceptors (Lipinski definition) is 5. The number of nitrogens with zero attached hydrogens (tertiary/aromatic N) is 1. The number of methoxy groups -OCH3 is 1. The summed E-state index contributed by atoms with van der Waals surface area (Å²) in [7, 11) is -0.592. The molecule has 1 N–H and O–H groups in total. The molecule has 7 nitrogen and oxygen atoms in total. The molecule has 0 aliphatic rings. The summed E-state index contributed by atoms with van der Waals surface area (Å²) in [5.74, 6) is 0.859. The number of ether oxygens (including phenoxy) is 1. The Morgan fingerprint density at radius 2 is 1.71 bits per heavy atom. The summed E-state index contributed by atoms with van der Waals surface area (Å²) in [5, 5.41) is 2.87. The van der Waals surface area contributed by atoms with Crippen LogP contribution in [-0.4, -0.2) is 32.8 Å². The number of furan rings is 1. The summed E-state index contributed by atoms with van der Waals surface area (Å²) in [4.78, 5) is 12.7. The minimum Gasteiger partial charge on any atom is -0.497 e. The maximum absolute atomic E-state index is 12.7. The van der Waals surface area contributed by atoms with E-state index in [4.69, 9.17) is 9.15 Å². The lowest BCUT2D eigenvalue weighted by molar-refractivity contribution is 0.0909. The Kier molecular flexibility index (Phi) is 6.82. The van der Waals surface area contributed by atoms with Crippen LogP contribution in [0.4, 0.5) is 0 Å². The molecule has 1 amide bonds. The number of benzene rings is 2. The molecule has 1 aromatic heterocycles. The van der Waals surface area contributed by atoms with Gasteiger partial charge in [-0.3, -0.25) is 4.79 Å². The number of aryl methyl sites for hydroxylation is 1. The van der Waals surface area contributed by atoms with E-state index in [2.05, 4.69) is 5.32 Å². The molecule has 0 aliphatic heterocycles. The summed E-state index contributed by atoms with van der Waals surface area (Å²) >= 11 is 0. The number of rotatable bonds is 8. The zero-order valence-electron chi connectivity index (χ0n) is 18.0. The van der Waals surface area contributed by atoms with E-state index in [9.17, 15) is 13.2 Å². The van der Waals surface area contributed by atoms with Gasteiger partial charge in [0, 0.05) is 7.05 Å². The Labute approximate surface area is 182 Å². The van der Waals surface area contributed by atoms with Crippen molar-refractivity contribution in [1.82, 2.24) is 9.62 Å². The van der Waals surface area contributed by atoms with Gasteiger partial charge in [-0.05, 0) is 55.8 Å². The Hall–Kier alpha value is -3.10. The molecule has 3 rings (SSSR count). The van der Waals surface area contributed by atoms with E-state index in [1.807, 2.05) is 38.1 Å². The number of carbonyl (C=O) groups is 1. The predicted octanol–water partition coefficient (Wildman–Crippen LogP) is 3.91. The van der Waals surface area contributed by atoms with Gasteiger partial charge in [-0.1, -0.05) is 29.8 Å². The lowest BCUT2D eigenvalue weighted by Gasteiger charge is -2.16. The molecule has 0 bridgehead atoms. The van der Waals surface area contributed by atoms with Gasteiger partial charge in [0.1, 0.15) is 11.5 Å². The number of carbonyl (C=O) groups excluding carboxylic acids is 1. The average Bonchev–Trinajstić information content (AvgIpc) is 3.22. The maximum atomic E-state index is 12.7. The van der Waals surface area contributed by atoms with Crippen LogP contribution in [-0.2, 0) is 16.6 Å². The van der Waals surface area contributed by atoms with E-state index in [-0.39, 0.29) is 29.1 Å². The van der Waals surface area contributed by atoms with E-state index < -0.39 is 10.0 Å². The predicted molar refractivity (Wildman–Crippen MR) is 117 cm³/mol. The van der Waals surface area contributed by atoms with E-state index in [0.29, 0.717) is 5.76 Å². The van der Waals surface area contributed by atoms with Gasteiger partial charge in [-0.25, -0.2) is 8.42 Å². The normalized spacial score (nSPS) is 12.5. The summed E-state index contributed by atoms with van der Waals surface area (Å²) < 4.78 is 37.4. The second-order valence-electron chi connectivity index (χ2n) is 7.31. The quantitative estimate of drug-likeness (QED) is 0.571. The zero-order chi connectivity index (χ0) is 22.6. The summed E-state index contributed by atoms with van der Waals surface area (Å²) in [6.45, 7) is 3.77. The fraction of sp³-hybridized carbons (Fsp3) is 0.261. The number of hydrogen-bond donors (Lipinski definition) is 1. The van der Waals surface area contributed by atoms with Gasteiger partial charge in [-0.2, -0.15) is 4.31 Å². The first-order chi connectivity index (χ1) is 14.7. The molecule has 8 heteroatoms. The molecular weight excluding hydrogens is 416 g/mol. The SMILES string of the molecule is COc1ccc([C@@H](C)NC(=O)c2ccc(CN(C)S(=O)(=O)c3ccc(C)cc3)o2)cc1. The fourth-order valence-electron chi connectivity index (χ4n) is 3.02. The molecule has 31 heavy (non-hydrogen) atoms. The molecule has 0 aliphatic carbocycles. The number of amides is 1. The summed E-state index contributed by atoms with van der Waals surface area (Å²) in [6, 6.07) is 17.0. The Balaban J connectivity index is 1.64. The van der Waals surface area contributed by atoms with Crippen LogP contribution in [0.2, 0.25) is 0 Å². The van der Waals surface area contributed by atoms with Crippen LogP contribution < -0.4 is 10.1 Å². The van der Waals surface area contributed by atoms with Gasteiger partial charge in [0.05, 0.1) is 24.6 Å². The highest BCUT2D eigenvalue weighted by atomic mass is 32.2. The van der Waals surface area contributed by atoms with Crippen LogP contribution in [0.5, 0.6) is 5.75 Å². The number of sulfonamides is 1. The number of nitrogens with one attached hydrogen (secondary N) is 1. The zero-order valence-corrected chi connectivity index (χ0v) is 18.8. The Morgan fingerprint density at radius 1 is 1.06 bits per heavy atom. The van der Waals surface area contributed by atoms with Gasteiger partial charge < -0.3 is 14.5 Å². The van der Waals surface area contributed by atoms with Crippen molar-refractivity contribution in [2.24, 2.45) is 0 Å². The van der Waals surface area contributed by atoms with Crippen molar-refractivity contribution in [2.45, 2.75) is 31.3 Å². The first-order valence-corrected chi connectivity index (χ1v) is 11.2. The molecule has 0 unspecified atom stereocenters. The first-order valence-electron chi connectivity index (χ1n) is 9.77. The summed E-state index contributed by atoms with van der Waals surface area (Å²) in [6.07, 6.45) is 0. The van der Waals surface area contributed by atoms with Gasteiger partial charge in [-0.15, -0.1) is 0 Å². The second-order valence-corrected chi connectivity index (χ2v) is 9.35. The van der Waals surface area contributed by atoms with Crippen LogP contribution in [0.15, 0.2) is 70.0 Å². The van der Waals surface area contributed by atoms with Gasteiger partial charge >= 0.3 is 0 Å². The molecular formula is C23H26N2O5S. The second kappa shape index (κ2) is 9.36.